The lowest BCUT2D eigenvalue weighted by atomic mass is 9.96. The van der Waals surface area contributed by atoms with Crippen LogP contribution in [0.4, 0.5) is 22.7 Å². The highest BCUT2D eigenvalue weighted by molar-refractivity contribution is 6.40. The highest BCUT2D eigenvalue weighted by Gasteiger charge is 2.37. The Kier molecular flexibility index (Phi) is 7.35. The van der Waals surface area contributed by atoms with E-state index in [0.29, 0.717) is 0 Å². The molecule has 1 aliphatic carbocycles. The van der Waals surface area contributed by atoms with Crippen molar-refractivity contribution < 1.29 is 4.58 Å². The fourth-order valence-corrected chi connectivity index (χ4v) is 5.25. The second-order valence-corrected chi connectivity index (χ2v) is 8.77. The van der Waals surface area contributed by atoms with Crippen LogP contribution in [0.2, 0.25) is 0 Å². The number of nitrogens with zero attached hydrogens (tertiary/aromatic N) is 4. The summed E-state index contributed by atoms with van der Waals surface area (Å²) in [4.78, 5) is 4.82. The van der Waals surface area contributed by atoms with Crippen LogP contribution in [0.1, 0.15) is 47.1 Å². The highest BCUT2D eigenvalue weighted by Crippen LogP contribution is 2.41. The predicted molar refractivity (Wildman–Crippen MR) is 150 cm³/mol. The van der Waals surface area contributed by atoms with Crippen molar-refractivity contribution in [2.75, 3.05) is 49.1 Å². The van der Waals surface area contributed by atoms with Crippen LogP contribution >= 0.6 is 0 Å². The van der Waals surface area contributed by atoms with E-state index < -0.39 is 0 Å². The monoisotopic (exact) mass is 456 g/mol. The molecule has 0 N–H and O–H groups in total. The molecular formula is C30H40N4+2. The molecule has 1 aliphatic heterocycles. The van der Waals surface area contributed by atoms with Crippen LogP contribution in [0, 0.1) is 0 Å². The van der Waals surface area contributed by atoms with Gasteiger partial charge in [-0.15, -0.1) is 0 Å². The number of hydrogen-bond donors (Lipinski definition) is 0. The molecule has 0 saturated carbocycles. The first kappa shape index (κ1) is 24.0. The summed E-state index contributed by atoms with van der Waals surface area (Å²) in [6.45, 7) is 19.4. The Hall–Kier alpha value is -3.14. The number of allylic oxidation sites excluding steroid dienone is 4. The standard InChI is InChI=1S/C30H40N4/c1-7-31(8-2)23-13-15-24(16-14-23)34-29-19-17-25(32(9-3)10-4)21-27(29)28-22-26(18-20-30(28)34)33(11-5)12-6/h13-22H,7-12H2,1-6H3/q+2. The molecule has 0 amide bonds. The number of hydrogen-bond acceptors (Lipinski definition) is 2. The largest absolute Gasteiger partial charge is 0.372 e. The first-order chi connectivity index (χ1) is 16.6. The van der Waals surface area contributed by atoms with Crippen LogP contribution < -0.4 is 14.4 Å². The third kappa shape index (κ3) is 4.22. The molecule has 1 heterocycles. The van der Waals surface area contributed by atoms with E-state index in [4.69, 9.17) is 0 Å². The molecule has 4 heteroatoms. The lowest BCUT2D eigenvalue weighted by molar-refractivity contribution is -0.519. The minimum Gasteiger partial charge on any atom is -0.372 e. The molecular weight excluding hydrogens is 416 g/mol. The zero-order valence-corrected chi connectivity index (χ0v) is 21.8. The maximum atomic E-state index is 2.43. The molecule has 0 fully saturated rings. The highest BCUT2D eigenvalue weighted by atomic mass is 15.1. The second kappa shape index (κ2) is 10.4. The van der Waals surface area contributed by atoms with E-state index in [2.05, 4.69) is 121 Å². The fraction of sp³-hybridized carbons (Fsp3) is 0.400. The van der Waals surface area contributed by atoms with Gasteiger partial charge in [-0.1, -0.05) is 0 Å². The smallest absolute Gasteiger partial charge is 0.220 e. The van der Waals surface area contributed by atoms with Crippen molar-refractivity contribution in [1.82, 2.24) is 4.58 Å². The van der Waals surface area contributed by atoms with Crippen LogP contribution in [-0.2, 0) is 0 Å². The molecule has 0 atom stereocenters. The third-order valence-electron chi connectivity index (χ3n) is 7.23. The number of fused-ring (bicyclic) bond motifs is 3. The van der Waals surface area contributed by atoms with E-state index in [1.807, 2.05) is 0 Å². The summed E-state index contributed by atoms with van der Waals surface area (Å²) in [6, 6.07) is 16.0. The fourth-order valence-electron chi connectivity index (χ4n) is 5.25. The molecule has 0 bridgehead atoms. The normalized spacial score (nSPS) is 14.2. The van der Waals surface area contributed by atoms with Gasteiger partial charge in [0.2, 0.25) is 22.8 Å². The summed E-state index contributed by atoms with van der Waals surface area (Å²) < 4.78 is 4.85. The molecule has 2 aromatic carbocycles. The Labute approximate surface area is 205 Å². The predicted octanol–water partition coefficient (Wildman–Crippen LogP) is 6.11. The first-order valence-corrected chi connectivity index (χ1v) is 13.0. The molecule has 2 aromatic rings. The van der Waals surface area contributed by atoms with E-state index in [9.17, 15) is 0 Å². The first-order valence-electron chi connectivity index (χ1n) is 13.0. The van der Waals surface area contributed by atoms with Gasteiger partial charge in [0.05, 0.1) is 11.1 Å². The van der Waals surface area contributed by atoms with Crippen LogP contribution in [0.15, 0.2) is 60.7 Å². The lowest BCUT2D eigenvalue weighted by Crippen LogP contribution is -2.22. The van der Waals surface area contributed by atoms with E-state index in [-0.39, 0.29) is 0 Å². The third-order valence-corrected chi connectivity index (χ3v) is 7.23. The van der Waals surface area contributed by atoms with Crippen molar-refractivity contribution in [3.8, 4) is 0 Å². The second-order valence-electron chi connectivity index (χ2n) is 8.77. The number of anilines is 2. The summed E-state index contributed by atoms with van der Waals surface area (Å²) in [5, 5.41) is 0. The zero-order valence-electron chi connectivity index (χ0n) is 21.8. The molecule has 0 aromatic heterocycles. The average Bonchev–Trinajstić information content (AvgIpc) is 3.20. The topological polar surface area (TPSA) is 12.5 Å². The molecule has 0 radical (unpaired) electrons. The van der Waals surface area contributed by atoms with E-state index >= 15 is 0 Å². The lowest BCUT2D eigenvalue weighted by Gasteiger charge is -2.21. The van der Waals surface area contributed by atoms with E-state index in [1.165, 1.54) is 45.3 Å². The van der Waals surface area contributed by atoms with Crippen LogP contribution in [0.5, 0.6) is 0 Å². The molecule has 0 spiro atoms. The SMILES string of the molecule is CCN(CC)c1ccc([N+]2=C3C=CC(=[N+](CC)CC)C=C3c3cc(N(CC)CC)ccc32)cc1. The molecule has 178 valence electrons. The van der Waals surface area contributed by atoms with Gasteiger partial charge in [-0.05, 0) is 65.8 Å². The quantitative estimate of drug-likeness (QED) is 0.333. The Morgan fingerprint density at radius 3 is 1.88 bits per heavy atom. The summed E-state index contributed by atoms with van der Waals surface area (Å²) in [6.07, 6.45) is 6.97. The van der Waals surface area contributed by atoms with Crippen molar-refractivity contribution in [3.63, 3.8) is 0 Å². The van der Waals surface area contributed by atoms with Crippen LogP contribution in [0.3, 0.4) is 0 Å². The maximum Gasteiger partial charge on any atom is 0.220 e. The van der Waals surface area contributed by atoms with Gasteiger partial charge in [-0.25, -0.2) is 4.58 Å². The average molecular weight is 457 g/mol. The summed E-state index contributed by atoms with van der Waals surface area (Å²) in [5.74, 6) is 0. The Balaban J connectivity index is 1.88. The Bertz CT molecular complexity index is 1150. The minimum atomic E-state index is 1.01. The van der Waals surface area contributed by atoms with Crippen molar-refractivity contribution in [3.05, 3.63) is 66.3 Å². The van der Waals surface area contributed by atoms with Gasteiger partial charge in [0.15, 0.2) is 0 Å². The number of rotatable bonds is 9. The van der Waals surface area contributed by atoms with Gasteiger partial charge in [0.1, 0.15) is 13.1 Å². The van der Waals surface area contributed by atoms with Gasteiger partial charge in [0, 0.05) is 74.0 Å². The van der Waals surface area contributed by atoms with Gasteiger partial charge < -0.3 is 9.80 Å². The van der Waals surface area contributed by atoms with Crippen LogP contribution in [0.25, 0.3) is 5.57 Å². The molecule has 0 unspecified atom stereocenters. The van der Waals surface area contributed by atoms with Gasteiger partial charge in [-0.3, -0.25) is 0 Å². The van der Waals surface area contributed by atoms with E-state index in [1.54, 1.807) is 0 Å². The minimum absolute atomic E-state index is 1.01. The molecule has 34 heavy (non-hydrogen) atoms. The Morgan fingerprint density at radius 1 is 0.706 bits per heavy atom. The van der Waals surface area contributed by atoms with E-state index in [0.717, 1.165) is 39.3 Å². The van der Waals surface area contributed by atoms with Gasteiger partial charge >= 0.3 is 0 Å². The van der Waals surface area contributed by atoms with Crippen molar-refractivity contribution >= 4 is 39.7 Å². The summed E-state index contributed by atoms with van der Waals surface area (Å²) in [5.41, 5.74) is 10.2. The van der Waals surface area contributed by atoms with Crippen molar-refractivity contribution in [2.45, 2.75) is 41.5 Å². The van der Waals surface area contributed by atoms with Crippen molar-refractivity contribution in [2.24, 2.45) is 0 Å². The zero-order chi connectivity index (χ0) is 24.2. The summed E-state index contributed by atoms with van der Waals surface area (Å²) in [7, 11) is 0. The number of benzene rings is 2. The summed E-state index contributed by atoms with van der Waals surface area (Å²) >= 11 is 0. The van der Waals surface area contributed by atoms with Crippen LogP contribution in [-0.4, -0.2) is 55.3 Å². The molecule has 4 rings (SSSR count). The molecule has 0 saturated heterocycles. The van der Waals surface area contributed by atoms with Crippen molar-refractivity contribution in [1.29, 1.82) is 0 Å². The van der Waals surface area contributed by atoms with Gasteiger partial charge in [-0.2, -0.15) is 4.58 Å². The maximum absolute atomic E-state index is 2.43. The molecule has 4 nitrogen and oxygen atoms in total. The molecule has 2 aliphatic rings. The van der Waals surface area contributed by atoms with Gasteiger partial charge in [0.25, 0.3) is 0 Å². The Morgan fingerprint density at radius 2 is 1.29 bits per heavy atom.